The minimum atomic E-state index is -0.145. The first-order valence-electron chi connectivity index (χ1n) is 6.58. The van der Waals surface area contributed by atoms with Gasteiger partial charge in [-0.15, -0.1) is 0 Å². The molecule has 3 N–H and O–H groups in total. The van der Waals surface area contributed by atoms with Crippen molar-refractivity contribution in [2.75, 3.05) is 16.9 Å². The third-order valence-corrected chi connectivity index (χ3v) is 3.62. The molecular weight excluding hydrogens is 332 g/mol. The number of rotatable bonds is 4. The molecule has 0 aliphatic heterocycles. The summed E-state index contributed by atoms with van der Waals surface area (Å²) in [6, 6.07) is 9.49. The predicted molar refractivity (Wildman–Crippen MR) is 88.3 cm³/mol. The Morgan fingerprint density at radius 2 is 2.14 bits per heavy atom. The van der Waals surface area contributed by atoms with Crippen LogP contribution in [0.2, 0.25) is 0 Å². The van der Waals surface area contributed by atoms with Gasteiger partial charge in [0.1, 0.15) is 0 Å². The van der Waals surface area contributed by atoms with Gasteiger partial charge in [0.15, 0.2) is 5.82 Å². The number of anilines is 2. The highest BCUT2D eigenvalue weighted by Crippen LogP contribution is 2.25. The van der Waals surface area contributed by atoms with E-state index in [1.54, 1.807) is 17.2 Å². The van der Waals surface area contributed by atoms with Crippen molar-refractivity contribution in [2.24, 2.45) is 5.84 Å². The third kappa shape index (κ3) is 3.22. The molecule has 0 radical (unpaired) electrons. The third-order valence-electron chi connectivity index (χ3n) is 3.19. The van der Waals surface area contributed by atoms with Crippen LogP contribution in [0.4, 0.5) is 11.5 Å². The molecule has 1 aromatic carbocycles. The molecule has 0 saturated heterocycles. The number of nitrogens with one attached hydrogen (secondary N) is 1. The summed E-state index contributed by atoms with van der Waals surface area (Å²) in [5.41, 5.74) is 4.82. The number of nitrogens with zero attached hydrogens (tertiary/aromatic N) is 2. The number of carbonyl (C=O) groups is 1. The monoisotopic (exact) mass is 348 g/mol. The first-order chi connectivity index (χ1) is 10.1. The maximum atomic E-state index is 12.8. The Morgan fingerprint density at radius 1 is 1.43 bits per heavy atom. The maximum absolute atomic E-state index is 12.8. The zero-order valence-electron chi connectivity index (χ0n) is 11.9. The predicted octanol–water partition coefficient (Wildman–Crippen LogP) is 3.10. The smallest absolute Gasteiger partial charge is 0.262 e. The molecule has 6 heteroatoms. The number of aromatic nitrogens is 1. The van der Waals surface area contributed by atoms with Crippen LogP contribution in [0, 0.1) is 6.92 Å². The second-order valence-electron chi connectivity index (χ2n) is 4.53. The topological polar surface area (TPSA) is 71.2 Å². The van der Waals surface area contributed by atoms with E-state index in [1.165, 1.54) is 0 Å². The Balaban J connectivity index is 2.46. The van der Waals surface area contributed by atoms with E-state index in [0.29, 0.717) is 17.9 Å². The lowest BCUT2D eigenvalue weighted by atomic mass is 10.1. The minimum absolute atomic E-state index is 0.145. The van der Waals surface area contributed by atoms with Crippen molar-refractivity contribution in [3.8, 4) is 0 Å². The van der Waals surface area contributed by atoms with E-state index in [2.05, 4.69) is 26.3 Å². The lowest BCUT2D eigenvalue weighted by molar-refractivity contribution is 0.0988. The molecule has 5 nitrogen and oxygen atoms in total. The highest BCUT2D eigenvalue weighted by atomic mass is 79.9. The summed E-state index contributed by atoms with van der Waals surface area (Å²) < 4.78 is 0.727. The number of benzene rings is 1. The molecule has 2 aromatic rings. The standard InChI is InChI=1S/C15H17BrN4O/c1-3-20(13-7-5-4-6-10(13)2)15(21)12-8-11(16)9-18-14(12)19-17/h4-9H,3,17H2,1-2H3,(H,18,19). The Kier molecular flexibility index (Phi) is 4.93. The van der Waals surface area contributed by atoms with Gasteiger partial charge in [-0.3, -0.25) is 4.79 Å². The van der Waals surface area contributed by atoms with Gasteiger partial charge in [-0.25, -0.2) is 10.8 Å². The van der Waals surface area contributed by atoms with Crippen LogP contribution in [0.3, 0.4) is 0 Å². The van der Waals surface area contributed by atoms with E-state index in [0.717, 1.165) is 15.7 Å². The number of aryl methyl sites for hydroxylation is 1. The van der Waals surface area contributed by atoms with Crippen molar-refractivity contribution in [2.45, 2.75) is 13.8 Å². The largest absolute Gasteiger partial charge is 0.308 e. The van der Waals surface area contributed by atoms with Gasteiger partial charge in [0.25, 0.3) is 5.91 Å². The zero-order valence-corrected chi connectivity index (χ0v) is 13.5. The molecule has 0 aliphatic carbocycles. The average Bonchev–Trinajstić information content (AvgIpc) is 2.49. The van der Waals surface area contributed by atoms with Gasteiger partial charge < -0.3 is 10.3 Å². The molecule has 0 aliphatic rings. The molecule has 0 atom stereocenters. The van der Waals surface area contributed by atoms with Crippen LogP contribution in [0.25, 0.3) is 0 Å². The van der Waals surface area contributed by atoms with E-state index in [9.17, 15) is 4.79 Å². The number of amides is 1. The molecule has 21 heavy (non-hydrogen) atoms. The van der Waals surface area contributed by atoms with Crippen LogP contribution in [-0.4, -0.2) is 17.4 Å². The molecule has 1 amide bonds. The summed E-state index contributed by atoms with van der Waals surface area (Å²) in [7, 11) is 0. The summed E-state index contributed by atoms with van der Waals surface area (Å²) in [5.74, 6) is 5.66. The van der Waals surface area contributed by atoms with Crippen LogP contribution in [-0.2, 0) is 0 Å². The molecular formula is C15H17BrN4O. The van der Waals surface area contributed by atoms with Crippen LogP contribution < -0.4 is 16.2 Å². The van der Waals surface area contributed by atoms with Crippen molar-refractivity contribution >= 4 is 33.3 Å². The number of hydrazine groups is 1. The first-order valence-corrected chi connectivity index (χ1v) is 7.37. The molecule has 0 spiro atoms. The van der Waals surface area contributed by atoms with E-state index in [-0.39, 0.29) is 5.91 Å². The summed E-state index contributed by atoms with van der Waals surface area (Å²) in [6.07, 6.45) is 1.59. The van der Waals surface area contributed by atoms with E-state index >= 15 is 0 Å². The van der Waals surface area contributed by atoms with Crippen LogP contribution in [0.15, 0.2) is 41.0 Å². The Bertz CT molecular complexity index is 660. The average molecular weight is 349 g/mol. The number of hydrogen-bond acceptors (Lipinski definition) is 4. The van der Waals surface area contributed by atoms with Gasteiger partial charge in [0.05, 0.1) is 5.56 Å². The first kappa shape index (κ1) is 15.5. The summed E-state index contributed by atoms with van der Waals surface area (Å²) in [6.45, 7) is 4.47. The molecule has 0 saturated carbocycles. The van der Waals surface area contributed by atoms with Gasteiger partial charge in [0, 0.05) is 22.9 Å². The number of halogens is 1. The second-order valence-corrected chi connectivity index (χ2v) is 5.45. The highest BCUT2D eigenvalue weighted by molar-refractivity contribution is 9.10. The molecule has 0 bridgehead atoms. The van der Waals surface area contributed by atoms with Crippen molar-refractivity contribution in [3.63, 3.8) is 0 Å². The number of pyridine rings is 1. The van der Waals surface area contributed by atoms with Crippen molar-refractivity contribution < 1.29 is 4.79 Å². The Hall–Kier alpha value is -1.92. The number of nitrogen functional groups attached to an aromatic ring is 1. The van der Waals surface area contributed by atoms with Gasteiger partial charge in [0.2, 0.25) is 0 Å². The van der Waals surface area contributed by atoms with Gasteiger partial charge in [-0.05, 0) is 47.5 Å². The van der Waals surface area contributed by atoms with Crippen LogP contribution in [0.5, 0.6) is 0 Å². The lowest BCUT2D eigenvalue weighted by Crippen LogP contribution is -2.32. The van der Waals surface area contributed by atoms with Crippen LogP contribution in [0.1, 0.15) is 22.8 Å². The van der Waals surface area contributed by atoms with Gasteiger partial charge in [-0.2, -0.15) is 0 Å². The molecule has 1 heterocycles. The van der Waals surface area contributed by atoms with Crippen molar-refractivity contribution in [1.29, 1.82) is 0 Å². The van der Waals surface area contributed by atoms with Crippen molar-refractivity contribution in [1.82, 2.24) is 4.98 Å². The van der Waals surface area contributed by atoms with Crippen LogP contribution >= 0.6 is 15.9 Å². The molecule has 0 unspecified atom stereocenters. The number of para-hydroxylation sites is 1. The van der Waals surface area contributed by atoms with E-state index in [1.807, 2.05) is 38.1 Å². The second kappa shape index (κ2) is 6.69. The summed E-state index contributed by atoms with van der Waals surface area (Å²) >= 11 is 3.33. The quantitative estimate of drug-likeness (QED) is 0.657. The minimum Gasteiger partial charge on any atom is -0.308 e. The van der Waals surface area contributed by atoms with Crippen molar-refractivity contribution in [3.05, 3.63) is 52.1 Å². The Morgan fingerprint density at radius 3 is 2.76 bits per heavy atom. The summed E-state index contributed by atoms with van der Waals surface area (Å²) in [4.78, 5) is 18.7. The molecule has 2 rings (SSSR count). The fraction of sp³-hybridized carbons (Fsp3) is 0.200. The fourth-order valence-electron chi connectivity index (χ4n) is 2.15. The maximum Gasteiger partial charge on any atom is 0.262 e. The van der Waals surface area contributed by atoms with E-state index < -0.39 is 0 Å². The van der Waals surface area contributed by atoms with Gasteiger partial charge >= 0.3 is 0 Å². The Labute approximate surface area is 132 Å². The fourth-order valence-corrected chi connectivity index (χ4v) is 2.48. The summed E-state index contributed by atoms with van der Waals surface area (Å²) in [5, 5.41) is 0. The number of carbonyl (C=O) groups excluding carboxylic acids is 1. The zero-order chi connectivity index (χ0) is 15.4. The van der Waals surface area contributed by atoms with Gasteiger partial charge in [-0.1, -0.05) is 18.2 Å². The molecule has 1 aromatic heterocycles. The molecule has 0 fully saturated rings. The number of nitrogens with two attached hydrogens (primary N) is 1. The normalized spacial score (nSPS) is 10.3. The SMILES string of the molecule is CCN(C(=O)c1cc(Br)cnc1NN)c1ccccc1C. The number of hydrogen-bond donors (Lipinski definition) is 2. The highest BCUT2D eigenvalue weighted by Gasteiger charge is 2.21. The lowest BCUT2D eigenvalue weighted by Gasteiger charge is -2.23. The molecule has 110 valence electrons. The van der Waals surface area contributed by atoms with E-state index in [4.69, 9.17) is 5.84 Å².